The van der Waals surface area contributed by atoms with Crippen molar-refractivity contribution >= 4 is 17.2 Å². The molecule has 1 aliphatic heterocycles. The van der Waals surface area contributed by atoms with E-state index >= 15 is 0 Å². The summed E-state index contributed by atoms with van der Waals surface area (Å²) in [4.78, 5) is 14.6. The van der Waals surface area contributed by atoms with E-state index in [1.165, 1.54) is 0 Å². The summed E-state index contributed by atoms with van der Waals surface area (Å²) in [6, 6.07) is 0.341. The molecule has 58 valence electrons. The lowest BCUT2D eigenvalue weighted by Gasteiger charge is -2.25. The van der Waals surface area contributed by atoms with E-state index in [0.29, 0.717) is 12.5 Å². The molecule has 2 rings (SSSR count). The molecule has 0 aromatic carbocycles. The van der Waals surface area contributed by atoms with E-state index in [2.05, 4.69) is 10.3 Å². The van der Waals surface area contributed by atoms with E-state index in [1.54, 1.807) is 17.5 Å². The molecule has 1 aromatic rings. The Morgan fingerprint density at radius 2 is 2.64 bits per heavy atom. The van der Waals surface area contributed by atoms with Crippen molar-refractivity contribution in [1.29, 1.82) is 0 Å². The van der Waals surface area contributed by atoms with Gasteiger partial charge in [0.05, 0.1) is 5.01 Å². The van der Waals surface area contributed by atoms with Gasteiger partial charge in [-0.05, 0) is 0 Å². The fraction of sp³-hybridized carbons (Fsp3) is 0.429. The number of nitrogens with one attached hydrogen (secondary N) is 1. The lowest BCUT2D eigenvalue weighted by atomic mass is 10.0. The molecule has 1 aliphatic rings. The standard InChI is InChI=1S/C7H8N2OS/c10-6-3-5(9-6)4-7-8-1-2-11-7/h1-2,5H,3-4H2,(H,9,10)/t5-/m1/s1. The molecule has 4 heteroatoms. The molecule has 1 amide bonds. The minimum atomic E-state index is 0.159. The molecule has 1 aromatic heterocycles. The van der Waals surface area contributed by atoms with Crippen molar-refractivity contribution in [1.82, 2.24) is 10.3 Å². The SMILES string of the molecule is O=C1C[C@H](Cc2nccs2)N1. The molecule has 0 saturated carbocycles. The summed E-state index contributed by atoms with van der Waals surface area (Å²) in [7, 11) is 0. The lowest BCUT2D eigenvalue weighted by molar-refractivity contribution is -0.128. The van der Waals surface area contributed by atoms with Gasteiger partial charge in [0.25, 0.3) is 0 Å². The van der Waals surface area contributed by atoms with Crippen molar-refractivity contribution < 1.29 is 4.79 Å². The molecule has 3 nitrogen and oxygen atoms in total. The fourth-order valence-electron chi connectivity index (χ4n) is 1.12. The van der Waals surface area contributed by atoms with Crippen LogP contribution in [0.3, 0.4) is 0 Å². The van der Waals surface area contributed by atoms with Crippen LogP contribution in [-0.4, -0.2) is 16.9 Å². The average Bonchev–Trinajstić information content (AvgIpc) is 2.36. The second-order valence-electron chi connectivity index (χ2n) is 2.60. The number of amides is 1. The third kappa shape index (κ3) is 1.40. The van der Waals surface area contributed by atoms with Crippen LogP contribution >= 0.6 is 11.3 Å². The van der Waals surface area contributed by atoms with Crippen molar-refractivity contribution in [2.24, 2.45) is 0 Å². The van der Waals surface area contributed by atoms with Gasteiger partial charge in [-0.1, -0.05) is 0 Å². The first-order chi connectivity index (χ1) is 5.34. The number of carbonyl (C=O) groups is 1. The zero-order chi connectivity index (χ0) is 7.68. The lowest BCUT2D eigenvalue weighted by Crippen LogP contribution is -2.49. The summed E-state index contributed by atoms with van der Waals surface area (Å²) < 4.78 is 0. The predicted octanol–water partition coefficient (Wildman–Crippen LogP) is 0.574. The van der Waals surface area contributed by atoms with Crippen LogP contribution in [0.15, 0.2) is 11.6 Å². The maximum absolute atomic E-state index is 10.5. The van der Waals surface area contributed by atoms with Crippen molar-refractivity contribution in [3.05, 3.63) is 16.6 Å². The average molecular weight is 168 g/mol. The number of hydrogen-bond acceptors (Lipinski definition) is 3. The van der Waals surface area contributed by atoms with Crippen LogP contribution in [-0.2, 0) is 11.2 Å². The van der Waals surface area contributed by atoms with Crippen LogP contribution in [0.5, 0.6) is 0 Å². The highest BCUT2D eigenvalue weighted by molar-refractivity contribution is 7.09. The van der Waals surface area contributed by atoms with Crippen LogP contribution in [0.4, 0.5) is 0 Å². The highest BCUT2D eigenvalue weighted by atomic mass is 32.1. The van der Waals surface area contributed by atoms with Gasteiger partial charge < -0.3 is 5.32 Å². The van der Waals surface area contributed by atoms with Gasteiger partial charge in [0, 0.05) is 30.5 Å². The zero-order valence-electron chi connectivity index (χ0n) is 5.91. The Labute approximate surface area is 68.5 Å². The quantitative estimate of drug-likeness (QED) is 0.656. The van der Waals surface area contributed by atoms with Crippen LogP contribution in [0.1, 0.15) is 11.4 Å². The molecule has 1 saturated heterocycles. The first kappa shape index (κ1) is 6.79. The number of β-lactam (4-membered cyclic amide) rings is 1. The Balaban J connectivity index is 1.88. The van der Waals surface area contributed by atoms with Gasteiger partial charge in [-0.2, -0.15) is 0 Å². The van der Waals surface area contributed by atoms with Gasteiger partial charge in [0.2, 0.25) is 5.91 Å². The molecule has 0 radical (unpaired) electrons. The minimum absolute atomic E-state index is 0.159. The number of hydrogen-bond donors (Lipinski definition) is 1. The smallest absolute Gasteiger partial charge is 0.222 e. The summed E-state index contributed by atoms with van der Waals surface area (Å²) in [6.45, 7) is 0. The molecule has 1 N–H and O–H groups in total. The molecule has 0 bridgehead atoms. The Morgan fingerprint density at radius 3 is 3.18 bits per heavy atom. The minimum Gasteiger partial charge on any atom is -0.352 e. The zero-order valence-corrected chi connectivity index (χ0v) is 6.73. The number of carbonyl (C=O) groups excluding carboxylic acids is 1. The van der Waals surface area contributed by atoms with Gasteiger partial charge in [-0.3, -0.25) is 4.79 Å². The van der Waals surface area contributed by atoms with Crippen LogP contribution in [0.25, 0.3) is 0 Å². The highest BCUT2D eigenvalue weighted by Gasteiger charge is 2.25. The normalized spacial score (nSPS) is 22.5. The molecule has 1 fully saturated rings. The second-order valence-corrected chi connectivity index (χ2v) is 3.58. The predicted molar refractivity (Wildman–Crippen MR) is 42.4 cm³/mol. The molecule has 11 heavy (non-hydrogen) atoms. The fourth-order valence-corrected chi connectivity index (χ4v) is 1.82. The van der Waals surface area contributed by atoms with Crippen molar-refractivity contribution in [3.63, 3.8) is 0 Å². The van der Waals surface area contributed by atoms with Crippen LogP contribution in [0, 0.1) is 0 Å². The third-order valence-corrected chi connectivity index (χ3v) is 2.50. The Morgan fingerprint density at radius 1 is 1.82 bits per heavy atom. The first-order valence-corrected chi connectivity index (χ1v) is 4.40. The van der Waals surface area contributed by atoms with Crippen LogP contribution < -0.4 is 5.32 Å². The van der Waals surface area contributed by atoms with Gasteiger partial charge in [0.1, 0.15) is 0 Å². The molecule has 0 spiro atoms. The second kappa shape index (κ2) is 2.62. The van der Waals surface area contributed by atoms with E-state index in [0.717, 1.165) is 11.4 Å². The van der Waals surface area contributed by atoms with E-state index in [9.17, 15) is 4.79 Å². The third-order valence-electron chi connectivity index (χ3n) is 1.70. The summed E-state index contributed by atoms with van der Waals surface area (Å²) in [5.41, 5.74) is 0. The topological polar surface area (TPSA) is 42.0 Å². The first-order valence-electron chi connectivity index (χ1n) is 3.52. The van der Waals surface area contributed by atoms with E-state index in [1.807, 2.05) is 5.38 Å². The van der Waals surface area contributed by atoms with E-state index < -0.39 is 0 Å². The summed E-state index contributed by atoms with van der Waals surface area (Å²) >= 11 is 1.64. The molecule has 1 atom stereocenters. The van der Waals surface area contributed by atoms with Crippen molar-refractivity contribution in [2.45, 2.75) is 18.9 Å². The summed E-state index contributed by atoms with van der Waals surface area (Å²) in [5, 5.41) is 5.87. The molecule has 0 aliphatic carbocycles. The number of thiazole rings is 1. The Kier molecular flexibility index (Phi) is 1.62. The molecule has 2 heterocycles. The molecule has 0 unspecified atom stereocenters. The van der Waals surface area contributed by atoms with Crippen molar-refractivity contribution in [2.75, 3.05) is 0 Å². The summed E-state index contributed by atoms with van der Waals surface area (Å²) in [5.74, 6) is 0.159. The maximum atomic E-state index is 10.5. The number of aromatic nitrogens is 1. The summed E-state index contributed by atoms with van der Waals surface area (Å²) in [6.07, 6.45) is 3.35. The molecular formula is C7H8N2OS. The maximum Gasteiger partial charge on any atom is 0.222 e. The monoisotopic (exact) mass is 168 g/mol. The molecular weight excluding hydrogens is 160 g/mol. The number of rotatable bonds is 2. The largest absolute Gasteiger partial charge is 0.352 e. The van der Waals surface area contributed by atoms with E-state index in [-0.39, 0.29) is 5.91 Å². The van der Waals surface area contributed by atoms with Crippen LogP contribution in [0.2, 0.25) is 0 Å². The Hall–Kier alpha value is -0.900. The van der Waals surface area contributed by atoms with Gasteiger partial charge >= 0.3 is 0 Å². The van der Waals surface area contributed by atoms with E-state index in [4.69, 9.17) is 0 Å². The van der Waals surface area contributed by atoms with Gasteiger partial charge in [-0.15, -0.1) is 11.3 Å². The Bertz CT molecular complexity index is 249. The highest BCUT2D eigenvalue weighted by Crippen LogP contribution is 2.13. The number of nitrogens with zero attached hydrogens (tertiary/aromatic N) is 1. The van der Waals surface area contributed by atoms with Crippen molar-refractivity contribution in [3.8, 4) is 0 Å². The van der Waals surface area contributed by atoms with Gasteiger partial charge in [-0.25, -0.2) is 4.98 Å². The van der Waals surface area contributed by atoms with Gasteiger partial charge in [0.15, 0.2) is 0 Å².